The van der Waals surface area contributed by atoms with Gasteiger partial charge < -0.3 is 10.2 Å². The molecule has 160 valence electrons. The molecule has 0 saturated carbocycles. The van der Waals surface area contributed by atoms with Crippen LogP contribution in [0.1, 0.15) is 18.5 Å². The highest BCUT2D eigenvalue weighted by atomic mass is 19.1. The molecule has 2 heterocycles. The molecule has 0 bridgehead atoms. The standard InChI is InChI=1S/C21H19F2N5O3/c1-14(27-8-9-28(20(27)30)16-3-5-17(29)6-4-16)21(31,11-26-13-24-12-25-26)18-7-2-15(22)10-19(18)23/h2-10,12-14,29,31H,11H2,1H3/t14-,21-/m1/s1. The molecule has 8 nitrogen and oxygen atoms in total. The van der Waals surface area contributed by atoms with Gasteiger partial charge in [-0.3, -0.25) is 9.13 Å². The molecule has 0 radical (unpaired) electrons. The number of halogens is 2. The lowest BCUT2D eigenvalue weighted by Gasteiger charge is -2.35. The van der Waals surface area contributed by atoms with Crippen molar-refractivity contribution in [2.75, 3.05) is 0 Å². The maximum atomic E-state index is 14.7. The zero-order chi connectivity index (χ0) is 22.2. The summed E-state index contributed by atoms with van der Waals surface area (Å²) in [6.07, 6.45) is 5.58. The molecule has 0 aliphatic carbocycles. The molecule has 0 spiro atoms. The summed E-state index contributed by atoms with van der Waals surface area (Å²) in [5, 5.41) is 25.1. The Balaban J connectivity index is 1.80. The van der Waals surface area contributed by atoms with E-state index in [2.05, 4.69) is 10.1 Å². The molecule has 2 N–H and O–H groups in total. The fourth-order valence-electron chi connectivity index (χ4n) is 3.57. The third-order valence-corrected chi connectivity index (χ3v) is 5.31. The average molecular weight is 427 g/mol. The number of imidazole rings is 1. The van der Waals surface area contributed by atoms with Crippen LogP contribution in [0.25, 0.3) is 5.69 Å². The Morgan fingerprint density at radius 2 is 1.87 bits per heavy atom. The molecule has 0 fully saturated rings. The fourth-order valence-corrected chi connectivity index (χ4v) is 3.57. The van der Waals surface area contributed by atoms with Gasteiger partial charge in [0.05, 0.1) is 18.3 Å². The molecule has 31 heavy (non-hydrogen) atoms. The first-order valence-electron chi connectivity index (χ1n) is 9.39. The van der Waals surface area contributed by atoms with Crippen molar-refractivity contribution in [3.05, 3.63) is 95.2 Å². The molecule has 0 aliphatic rings. The molecule has 2 aromatic carbocycles. The van der Waals surface area contributed by atoms with Crippen LogP contribution in [0.4, 0.5) is 8.78 Å². The quantitative estimate of drug-likeness (QED) is 0.492. The van der Waals surface area contributed by atoms with Crippen LogP contribution in [0, 0.1) is 11.6 Å². The molecule has 4 rings (SSSR count). The molecular formula is C21H19F2N5O3. The topological polar surface area (TPSA) is 98.1 Å². The lowest BCUT2D eigenvalue weighted by atomic mass is 9.86. The first kappa shape index (κ1) is 20.5. The number of aliphatic hydroxyl groups is 1. The van der Waals surface area contributed by atoms with Gasteiger partial charge >= 0.3 is 5.69 Å². The number of phenols is 1. The summed E-state index contributed by atoms with van der Waals surface area (Å²) in [5.41, 5.74) is -2.13. The Hall–Kier alpha value is -3.79. The normalized spacial score (nSPS) is 14.3. The van der Waals surface area contributed by atoms with E-state index >= 15 is 0 Å². The third-order valence-electron chi connectivity index (χ3n) is 5.31. The van der Waals surface area contributed by atoms with Crippen molar-refractivity contribution in [1.29, 1.82) is 0 Å². The summed E-state index contributed by atoms with van der Waals surface area (Å²) in [6.45, 7) is 1.33. The van der Waals surface area contributed by atoms with E-state index in [4.69, 9.17) is 0 Å². The van der Waals surface area contributed by atoms with Crippen LogP contribution in [0.2, 0.25) is 0 Å². The van der Waals surface area contributed by atoms with E-state index in [1.54, 1.807) is 19.1 Å². The summed E-state index contributed by atoms with van der Waals surface area (Å²) in [4.78, 5) is 16.9. The van der Waals surface area contributed by atoms with Crippen molar-refractivity contribution in [2.24, 2.45) is 0 Å². The van der Waals surface area contributed by atoms with Crippen LogP contribution < -0.4 is 5.69 Å². The monoisotopic (exact) mass is 427 g/mol. The van der Waals surface area contributed by atoms with Gasteiger partial charge in [-0.05, 0) is 37.3 Å². The maximum Gasteiger partial charge on any atom is 0.333 e. The lowest BCUT2D eigenvalue weighted by molar-refractivity contribution is -0.0342. The van der Waals surface area contributed by atoms with Crippen molar-refractivity contribution >= 4 is 0 Å². The molecule has 2 aromatic heterocycles. The lowest BCUT2D eigenvalue weighted by Crippen LogP contribution is -2.43. The largest absolute Gasteiger partial charge is 0.508 e. The molecule has 10 heteroatoms. The number of hydrogen-bond donors (Lipinski definition) is 2. The summed E-state index contributed by atoms with van der Waals surface area (Å²) < 4.78 is 32.1. The average Bonchev–Trinajstić information content (AvgIpc) is 3.37. The van der Waals surface area contributed by atoms with Gasteiger partial charge in [0.1, 0.15) is 35.6 Å². The van der Waals surface area contributed by atoms with Crippen molar-refractivity contribution < 1.29 is 19.0 Å². The highest BCUT2D eigenvalue weighted by Crippen LogP contribution is 2.36. The summed E-state index contributed by atoms with van der Waals surface area (Å²) in [5.74, 6) is -1.67. The predicted molar refractivity (Wildman–Crippen MR) is 107 cm³/mol. The Bertz CT molecular complexity index is 1250. The van der Waals surface area contributed by atoms with E-state index in [1.807, 2.05) is 0 Å². The highest BCUT2D eigenvalue weighted by molar-refractivity contribution is 5.36. The van der Waals surface area contributed by atoms with Gasteiger partial charge in [-0.1, -0.05) is 6.07 Å². The summed E-state index contributed by atoms with van der Waals surface area (Å²) in [7, 11) is 0. The smallest absolute Gasteiger partial charge is 0.333 e. The van der Waals surface area contributed by atoms with Gasteiger partial charge in [0, 0.05) is 24.0 Å². The SMILES string of the molecule is C[C@@H](n1ccn(-c2ccc(O)cc2)c1=O)[C@](O)(Cn1cncn1)c1ccc(F)cc1F. The Morgan fingerprint density at radius 3 is 2.52 bits per heavy atom. The van der Waals surface area contributed by atoms with E-state index in [0.717, 1.165) is 12.1 Å². The van der Waals surface area contributed by atoms with Gasteiger partial charge in [-0.2, -0.15) is 5.10 Å². The first-order valence-corrected chi connectivity index (χ1v) is 9.39. The van der Waals surface area contributed by atoms with E-state index in [0.29, 0.717) is 11.8 Å². The van der Waals surface area contributed by atoms with E-state index in [9.17, 15) is 23.8 Å². The second-order valence-corrected chi connectivity index (χ2v) is 7.19. The van der Waals surface area contributed by atoms with E-state index in [-0.39, 0.29) is 17.9 Å². The van der Waals surface area contributed by atoms with Crippen LogP contribution in [0.15, 0.2) is 72.3 Å². The zero-order valence-corrected chi connectivity index (χ0v) is 16.4. The third kappa shape index (κ3) is 3.73. The number of aromatic nitrogens is 5. The minimum absolute atomic E-state index is 0.0543. The van der Waals surface area contributed by atoms with Crippen molar-refractivity contribution in [2.45, 2.75) is 25.1 Å². The Morgan fingerprint density at radius 1 is 1.13 bits per heavy atom. The van der Waals surface area contributed by atoms with Gasteiger partial charge in [0.2, 0.25) is 0 Å². The molecule has 2 atom stereocenters. The molecule has 0 amide bonds. The molecule has 4 aromatic rings. The van der Waals surface area contributed by atoms with E-state index < -0.39 is 29.0 Å². The first-order chi connectivity index (χ1) is 14.8. The summed E-state index contributed by atoms with van der Waals surface area (Å²) in [6, 6.07) is 7.91. The summed E-state index contributed by atoms with van der Waals surface area (Å²) >= 11 is 0. The van der Waals surface area contributed by atoms with Crippen molar-refractivity contribution in [3.8, 4) is 11.4 Å². The predicted octanol–water partition coefficient (Wildman–Crippen LogP) is 2.36. The van der Waals surface area contributed by atoms with Crippen molar-refractivity contribution in [3.63, 3.8) is 0 Å². The highest BCUT2D eigenvalue weighted by Gasteiger charge is 2.41. The number of nitrogens with zero attached hydrogens (tertiary/aromatic N) is 5. The minimum atomic E-state index is -1.96. The molecule has 0 saturated heterocycles. The number of aromatic hydroxyl groups is 1. The second-order valence-electron chi connectivity index (χ2n) is 7.19. The molecule has 0 unspecified atom stereocenters. The minimum Gasteiger partial charge on any atom is -0.508 e. The number of benzene rings is 2. The van der Waals surface area contributed by atoms with Crippen LogP contribution in [0.5, 0.6) is 5.75 Å². The number of rotatable bonds is 6. The van der Waals surface area contributed by atoms with Crippen LogP contribution in [-0.2, 0) is 12.1 Å². The van der Waals surface area contributed by atoms with E-state index in [1.165, 1.54) is 51.0 Å². The van der Waals surface area contributed by atoms with Crippen LogP contribution in [-0.4, -0.2) is 34.1 Å². The Labute approximate surface area is 175 Å². The number of hydrogen-bond acceptors (Lipinski definition) is 5. The van der Waals surface area contributed by atoms with Gasteiger partial charge in [0.25, 0.3) is 0 Å². The maximum absolute atomic E-state index is 14.7. The van der Waals surface area contributed by atoms with Gasteiger partial charge in [-0.15, -0.1) is 0 Å². The second kappa shape index (κ2) is 7.80. The zero-order valence-electron chi connectivity index (χ0n) is 16.4. The fraction of sp³-hybridized carbons (Fsp3) is 0.190. The molecule has 0 aliphatic heterocycles. The molecular weight excluding hydrogens is 408 g/mol. The Kier molecular flexibility index (Phi) is 5.15. The van der Waals surface area contributed by atoms with Crippen molar-refractivity contribution in [1.82, 2.24) is 23.9 Å². The van der Waals surface area contributed by atoms with Crippen LogP contribution in [0.3, 0.4) is 0 Å². The van der Waals surface area contributed by atoms with Crippen LogP contribution >= 0.6 is 0 Å². The number of phenolic OH excluding ortho intramolecular Hbond substituents is 1. The van der Waals surface area contributed by atoms with Gasteiger partial charge in [0.15, 0.2) is 0 Å². The van der Waals surface area contributed by atoms with Gasteiger partial charge in [-0.25, -0.2) is 23.2 Å².